The predicted molar refractivity (Wildman–Crippen MR) is 156 cm³/mol. The van der Waals surface area contributed by atoms with Crippen molar-refractivity contribution in [2.24, 2.45) is 0 Å². The molecule has 2 aliphatic rings. The van der Waals surface area contributed by atoms with Crippen LogP contribution in [0.25, 0.3) is 0 Å². The highest BCUT2D eigenvalue weighted by molar-refractivity contribution is 5.87. The van der Waals surface area contributed by atoms with Gasteiger partial charge in [0.15, 0.2) is 0 Å². The van der Waals surface area contributed by atoms with Crippen molar-refractivity contribution in [1.29, 1.82) is 5.26 Å². The highest BCUT2D eigenvalue weighted by Gasteiger charge is 2.31. The summed E-state index contributed by atoms with van der Waals surface area (Å²) in [6.07, 6.45) is -0.783. The highest BCUT2D eigenvalue weighted by atomic mass is 19.4. The van der Waals surface area contributed by atoms with Gasteiger partial charge in [0.1, 0.15) is 12.4 Å². The number of amides is 1. The molecule has 1 aromatic heterocycles. The summed E-state index contributed by atoms with van der Waals surface area (Å²) in [4.78, 5) is 25.8. The molecule has 0 saturated carbocycles. The molecule has 1 amide bonds. The number of nitrogens with zero attached hydrogens (tertiary/aromatic N) is 6. The van der Waals surface area contributed by atoms with Gasteiger partial charge >= 0.3 is 12.2 Å². The summed E-state index contributed by atoms with van der Waals surface area (Å²) in [6, 6.07) is 9.22. The molecule has 0 radical (unpaired) electrons. The van der Waals surface area contributed by atoms with Crippen LogP contribution in [0.2, 0.25) is 0 Å². The standard InChI is InChI=1S/C21H26F3N5O.C9H14N2O/c1-28-9-4-6-15(28)13-30-20-26-17-12-29(10-8-16(17)19(25)27-20)18-7-3-2-5-14(18)11-21(22,23)24;1-4-9(12)11(5-2)8(3)6-7-10/h2-3,5,7,15H,4,6,8-13H2,1H3,(H2,25,26,27);4,8H,1,5-6H2,2-3H3/t15-;/m0./s1. The van der Waals surface area contributed by atoms with Gasteiger partial charge in [0.25, 0.3) is 0 Å². The predicted octanol–water partition coefficient (Wildman–Crippen LogP) is 4.52. The molecule has 1 aromatic carbocycles. The summed E-state index contributed by atoms with van der Waals surface area (Å²) < 4.78 is 44.8. The third-order valence-corrected chi connectivity index (χ3v) is 7.59. The van der Waals surface area contributed by atoms with Crippen molar-refractivity contribution in [2.45, 2.75) is 70.8 Å². The van der Waals surface area contributed by atoms with Gasteiger partial charge in [-0.2, -0.15) is 28.4 Å². The van der Waals surface area contributed by atoms with E-state index in [4.69, 9.17) is 15.7 Å². The minimum absolute atomic E-state index is 0.0227. The molecule has 2 aliphatic heterocycles. The van der Waals surface area contributed by atoms with Crippen molar-refractivity contribution >= 4 is 17.4 Å². The number of hydrogen-bond acceptors (Lipinski definition) is 8. The second-order valence-electron chi connectivity index (χ2n) is 10.5. The number of para-hydroxylation sites is 1. The fourth-order valence-electron chi connectivity index (χ4n) is 5.30. The van der Waals surface area contributed by atoms with E-state index in [-0.39, 0.29) is 23.5 Å². The van der Waals surface area contributed by atoms with Crippen molar-refractivity contribution in [3.8, 4) is 12.1 Å². The number of aromatic nitrogens is 2. The first kappa shape index (κ1) is 32.7. The maximum atomic E-state index is 13.0. The van der Waals surface area contributed by atoms with Crippen LogP contribution in [0.15, 0.2) is 36.9 Å². The van der Waals surface area contributed by atoms with Gasteiger partial charge in [0.2, 0.25) is 5.91 Å². The molecule has 42 heavy (non-hydrogen) atoms. The number of rotatable bonds is 9. The lowest BCUT2D eigenvalue weighted by Crippen LogP contribution is -2.37. The lowest BCUT2D eigenvalue weighted by atomic mass is 10.0. The number of hydrogen-bond donors (Lipinski definition) is 1. The molecule has 9 nitrogen and oxygen atoms in total. The number of ether oxygens (including phenoxy) is 1. The summed E-state index contributed by atoms with van der Waals surface area (Å²) in [6.45, 7) is 10.2. The number of likely N-dealkylation sites (tertiary alicyclic amines) is 1. The number of halogens is 3. The zero-order valence-electron chi connectivity index (χ0n) is 24.5. The summed E-state index contributed by atoms with van der Waals surface area (Å²) in [7, 11) is 2.07. The van der Waals surface area contributed by atoms with E-state index in [1.165, 1.54) is 12.1 Å². The lowest BCUT2D eigenvalue weighted by Gasteiger charge is -2.32. The van der Waals surface area contributed by atoms with E-state index in [1.54, 1.807) is 23.1 Å². The Kier molecular flexibility index (Phi) is 11.6. The lowest BCUT2D eigenvalue weighted by molar-refractivity contribution is -0.128. The third-order valence-electron chi connectivity index (χ3n) is 7.59. The van der Waals surface area contributed by atoms with Crippen LogP contribution >= 0.6 is 0 Å². The number of anilines is 2. The Hall–Kier alpha value is -3.85. The first-order valence-corrected chi connectivity index (χ1v) is 14.1. The van der Waals surface area contributed by atoms with Gasteiger partial charge in [-0.25, -0.2) is 0 Å². The maximum Gasteiger partial charge on any atom is 0.393 e. The normalized spacial score (nSPS) is 17.4. The van der Waals surface area contributed by atoms with Crippen LogP contribution in [-0.2, 0) is 24.2 Å². The van der Waals surface area contributed by atoms with E-state index < -0.39 is 12.6 Å². The van der Waals surface area contributed by atoms with E-state index in [1.807, 2.05) is 24.8 Å². The van der Waals surface area contributed by atoms with Gasteiger partial charge in [-0.3, -0.25) is 4.79 Å². The van der Waals surface area contributed by atoms with E-state index >= 15 is 0 Å². The quantitative estimate of drug-likeness (QED) is 0.427. The number of likely N-dealkylation sites (N-methyl/N-ethyl adjacent to an activating group) is 2. The molecule has 228 valence electrons. The topological polar surface area (TPSA) is 112 Å². The van der Waals surface area contributed by atoms with Crippen LogP contribution in [0.3, 0.4) is 0 Å². The number of carbonyl (C=O) groups excluding carboxylic acids is 1. The first-order chi connectivity index (χ1) is 20.0. The average Bonchev–Trinajstić information content (AvgIpc) is 3.36. The maximum absolute atomic E-state index is 13.0. The number of carbonyl (C=O) groups is 1. The number of benzene rings is 1. The van der Waals surface area contributed by atoms with Crippen LogP contribution in [0.4, 0.5) is 24.7 Å². The second-order valence-corrected chi connectivity index (χ2v) is 10.5. The molecule has 1 fully saturated rings. The number of nitrogen functional groups attached to an aromatic ring is 1. The number of nitrogens with two attached hydrogens (primary N) is 1. The molecule has 3 heterocycles. The van der Waals surface area contributed by atoms with Gasteiger partial charge in [0.05, 0.1) is 31.1 Å². The highest BCUT2D eigenvalue weighted by Crippen LogP contribution is 2.32. The summed E-state index contributed by atoms with van der Waals surface area (Å²) >= 11 is 0. The van der Waals surface area contributed by atoms with Crippen LogP contribution in [0.1, 0.15) is 49.9 Å². The molecule has 0 aliphatic carbocycles. The molecule has 0 bridgehead atoms. The van der Waals surface area contributed by atoms with Gasteiger partial charge in [0, 0.05) is 36.4 Å². The summed E-state index contributed by atoms with van der Waals surface area (Å²) in [5.74, 6) is 0.276. The molecular formula is C30H40F3N7O2. The van der Waals surface area contributed by atoms with Crippen LogP contribution < -0.4 is 15.4 Å². The van der Waals surface area contributed by atoms with E-state index in [9.17, 15) is 18.0 Å². The van der Waals surface area contributed by atoms with Gasteiger partial charge in [-0.05, 0) is 64.4 Å². The van der Waals surface area contributed by atoms with E-state index in [0.717, 1.165) is 24.9 Å². The second kappa shape index (κ2) is 14.9. The Morgan fingerprint density at radius 2 is 2.07 bits per heavy atom. The van der Waals surface area contributed by atoms with Crippen LogP contribution in [0, 0.1) is 11.3 Å². The Morgan fingerprint density at radius 1 is 1.33 bits per heavy atom. The van der Waals surface area contributed by atoms with Crippen molar-refractivity contribution in [3.63, 3.8) is 0 Å². The smallest absolute Gasteiger partial charge is 0.393 e. The van der Waals surface area contributed by atoms with Crippen molar-refractivity contribution in [3.05, 3.63) is 53.7 Å². The Labute approximate surface area is 245 Å². The fraction of sp³-hybridized carbons (Fsp3) is 0.533. The fourth-order valence-corrected chi connectivity index (χ4v) is 5.30. The zero-order valence-corrected chi connectivity index (χ0v) is 24.5. The molecule has 1 unspecified atom stereocenters. The van der Waals surface area contributed by atoms with Gasteiger partial charge in [-0.15, -0.1) is 0 Å². The Balaban J connectivity index is 0.000000343. The molecule has 2 atom stereocenters. The largest absolute Gasteiger partial charge is 0.462 e. The Morgan fingerprint density at radius 3 is 2.69 bits per heavy atom. The Bertz CT molecular complexity index is 1260. The SMILES string of the molecule is C=CC(=O)N(CC)C(C)CC#N.CN1CCC[C@H]1COc1nc(N)c2c(n1)CN(c1ccccc1CC(F)(F)F)CC2. The van der Waals surface area contributed by atoms with Crippen molar-refractivity contribution in [1.82, 2.24) is 19.8 Å². The molecule has 12 heteroatoms. The van der Waals surface area contributed by atoms with Gasteiger partial charge < -0.3 is 25.2 Å². The number of fused-ring (bicyclic) bond motifs is 1. The minimum Gasteiger partial charge on any atom is -0.462 e. The third kappa shape index (κ3) is 8.82. The van der Waals surface area contributed by atoms with E-state index in [0.29, 0.717) is 62.3 Å². The summed E-state index contributed by atoms with van der Waals surface area (Å²) in [5, 5.41) is 8.42. The molecule has 4 rings (SSSR count). The van der Waals surface area contributed by atoms with E-state index in [2.05, 4.69) is 28.5 Å². The number of alkyl halides is 3. The van der Waals surface area contributed by atoms with Crippen LogP contribution in [-0.4, -0.2) is 77.2 Å². The van der Waals surface area contributed by atoms with Gasteiger partial charge in [-0.1, -0.05) is 24.8 Å². The molecular weight excluding hydrogens is 547 g/mol. The zero-order chi connectivity index (χ0) is 30.9. The summed E-state index contributed by atoms with van der Waals surface area (Å²) in [5.41, 5.74) is 8.54. The number of nitriles is 1. The minimum atomic E-state index is -4.26. The molecule has 0 spiro atoms. The first-order valence-electron chi connectivity index (χ1n) is 14.1. The monoisotopic (exact) mass is 587 g/mol. The average molecular weight is 588 g/mol. The molecule has 2 aromatic rings. The van der Waals surface area contributed by atoms with Crippen molar-refractivity contribution < 1.29 is 22.7 Å². The molecule has 1 saturated heterocycles. The van der Waals surface area contributed by atoms with Crippen LogP contribution in [0.5, 0.6) is 6.01 Å². The van der Waals surface area contributed by atoms with Crippen molar-refractivity contribution in [2.75, 3.05) is 43.9 Å². The molecule has 2 N–H and O–H groups in total.